The SMILES string of the molecule is CC1(C)CCc2c(-c3cc(NCc4cccnc4)nc(-c4cnn(Cc5ccccn5)c4)c3)n[nH]c2C1. The van der Waals surface area contributed by atoms with Gasteiger partial charge in [0.25, 0.3) is 0 Å². The molecular formula is C29H30N8. The molecule has 0 spiro atoms. The van der Waals surface area contributed by atoms with Crippen molar-refractivity contribution >= 4 is 5.82 Å². The minimum Gasteiger partial charge on any atom is -0.366 e. The number of nitrogens with one attached hydrogen (secondary N) is 2. The molecule has 5 aromatic rings. The number of rotatable bonds is 7. The third kappa shape index (κ3) is 5.14. The van der Waals surface area contributed by atoms with Gasteiger partial charge in [0, 0.05) is 53.7 Å². The van der Waals surface area contributed by atoms with Crippen molar-refractivity contribution in [1.29, 1.82) is 0 Å². The molecule has 6 rings (SSSR count). The van der Waals surface area contributed by atoms with Gasteiger partial charge in [0.05, 0.1) is 29.8 Å². The molecule has 37 heavy (non-hydrogen) atoms. The van der Waals surface area contributed by atoms with Gasteiger partial charge >= 0.3 is 0 Å². The molecule has 8 nitrogen and oxygen atoms in total. The molecule has 0 aromatic carbocycles. The molecule has 1 aliphatic carbocycles. The van der Waals surface area contributed by atoms with E-state index in [4.69, 9.17) is 10.1 Å². The second-order valence-corrected chi connectivity index (χ2v) is 10.5. The lowest BCUT2D eigenvalue weighted by Crippen LogP contribution is -2.21. The Morgan fingerprint density at radius 1 is 1.05 bits per heavy atom. The summed E-state index contributed by atoms with van der Waals surface area (Å²) in [7, 11) is 0. The Morgan fingerprint density at radius 2 is 2.00 bits per heavy atom. The van der Waals surface area contributed by atoms with E-state index in [9.17, 15) is 0 Å². The first-order chi connectivity index (χ1) is 18.0. The van der Waals surface area contributed by atoms with Crippen LogP contribution in [0.3, 0.4) is 0 Å². The number of hydrogen-bond acceptors (Lipinski definition) is 6. The largest absolute Gasteiger partial charge is 0.366 e. The van der Waals surface area contributed by atoms with Crippen molar-refractivity contribution in [3.63, 3.8) is 0 Å². The molecule has 0 fully saturated rings. The average molecular weight is 491 g/mol. The summed E-state index contributed by atoms with van der Waals surface area (Å²) < 4.78 is 1.90. The van der Waals surface area contributed by atoms with Crippen molar-refractivity contribution in [3.05, 3.63) is 96.0 Å². The number of pyridine rings is 3. The minimum atomic E-state index is 0.291. The first kappa shape index (κ1) is 23.1. The van der Waals surface area contributed by atoms with Gasteiger partial charge in [-0.2, -0.15) is 10.2 Å². The molecule has 1 aliphatic rings. The van der Waals surface area contributed by atoms with Gasteiger partial charge in [-0.05, 0) is 60.6 Å². The highest BCUT2D eigenvalue weighted by molar-refractivity contribution is 5.73. The van der Waals surface area contributed by atoms with Gasteiger partial charge in [0.2, 0.25) is 0 Å². The van der Waals surface area contributed by atoms with Crippen LogP contribution >= 0.6 is 0 Å². The summed E-state index contributed by atoms with van der Waals surface area (Å²) in [5.74, 6) is 0.793. The molecule has 2 N–H and O–H groups in total. The summed E-state index contributed by atoms with van der Waals surface area (Å²) in [6, 6.07) is 14.1. The third-order valence-electron chi connectivity index (χ3n) is 6.93. The summed E-state index contributed by atoms with van der Waals surface area (Å²) in [6.45, 7) is 5.89. The fourth-order valence-corrected chi connectivity index (χ4v) is 4.93. The van der Waals surface area contributed by atoms with E-state index in [0.717, 1.165) is 58.9 Å². The highest BCUT2D eigenvalue weighted by Crippen LogP contribution is 2.38. The number of H-pyrrole nitrogens is 1. The molecule has 0 atom stereocenters. The first-order valence-corrected chi connectivity index (χ1v) is 12.7. The zero-order valence-electron chi connectivity index (χ0n) is 21.1. The molecule has 0 amide bonds. The predicted octanol–water partition coefficient (Wildman–Crippen LogP) is 5.30. The monoisotopic (exact) mass is 490 g/mol. The highest BCUT2D eigenvalue weighted by atomic mass is 15.3. The van der Waals surface area contributed by atoms with E-state index in [1.54, 1.807) is 12.4 Å². The van der Waals surface area contributed by atoms with Crippen molar-refractivity contribution in [3.8, 4) is 22.5 Å². The molecular weight excluding hydrogens is 460 g/mol. The van der Waals surface area contributed by atoms with Crippen LogP contribution in [0.4, 0.5) is 5.82 Å². The maximum Gasteiger partial charge on any atom is 0.127 e. The molecule has 0 radical (unpaired) electrons. The molecule has 8 heteroatoms. The van der Waals surface area contributed by atoms with Crippen LogP contribution in [0.5, 0.6) is 0 Å². The van der Waals surface area contributed by atoms with Crippen LogP contribution in [0.1, 0.15) is 42.8 Å². The van der Waals surface area contributed by atoms with Gasteiger partial charge < -0.3 is 5.32 Å². The van der Waals surface area contributed by atoms with Crippen molar-refractivity contribution < 1.29 is 0 Å². The van der Waals surface area contributed by atoms with Gasteiger partial charge in [0.1, 0.15) is 5.82 Å². The second-order valence-electron chi connectivity index (χ2n) is 10.5. The number of fused-ring (bicyclic) bond motifs is 1. The highest BCUT2D eigenvalue weighted by Gasteiger charge is 2.29. The first-order valence-electron chi connectivity index (χ1n) is 12.7. The Bertz CT molecular complexity index is 1500. The van der Waals surface area contributed by atoms with Gasteiger partial charge in [-0.15, -0.1) is 0 Å². The Balaban J connectivity index is 1.35. The van der Waals surface area contributed by atoms with E-state index < -0.39 is 0 Å². The standard InChI is InChI=1S/C29H30N8/c1-29(2)9-8-24-26(14-29)35-36-28(24)21-12-25(34-27(13-21)32-16-20-6-5-10-30-15-20)22-17-33-37(18-22)19-23-7-3-4-11-31-23/h3-7,10-13,15,17-18H,8-9,14,16,19H2,1-2H3,(H,32,34)(H,35,36). The van der Waals surface area contributed by atoms with Crippen molar-refractivity contribution in [2.24, 2.45) is 5.41 Å². The number of nitrogens with zero attached hydrogens (tertiary/aromatic N) is 6. The van der Waals surface area contributed by atoms with E-state index in [-0.39, 0.29) is 0 Å². The molecule has 186 valence electrons. The lowest BCUT2D eigenvalue weighted by Gasteiger charge is -2.29. The van der Waals surface area contributed by atoms with Gasteiger partial charge in [0.15, 0.2) is 0 Å². The molecule has 0 aliphatic heterocycles. The average Bonchev–Trinajstić information content (AvgIpc) is 3.55. The van der Waals surface area contributed by atoms with Crippen LogP contribution in [0.15, 0.2) is 73.4 Å². The molecule has 0 unspecified atom stereocenters. The smallest absolute Gasteiger partial charge is 0.127 e. The zero-order chi connectivity index (χ0) is 25.2. The molecule has 0 saturated heterocycles. The fraction of sp³-hybridized carbons (Fsp3) is 0.276. The van der Waals surface area contributed by atoms with E-state index in [1.807, 2.05) is 47.5 Å². The number of aromatic amines is 1. The fourth-order valence-electron chi connectivity index (χ4n) is 4.93. The number of hydrogen-bond donors (Lipinski definition) is 2. The third-order valence-corrected chi connectivity index (χ3v) is 6.93. The summed E-state index contributed by atoms with van der Waals surface area (Å²) in [5, 5.41) is 16.2. The van der Waals surface area contributed by atoms with E-state index in [2.05, 4.69) is 57.5 Å². The summed E-state index contributed by atoms with van der Waals surface area (Å²) in [6.07, 6.45) is 12.5. The quantitative estimate of drug-likeness (QED) is 0.321. The summed E-state index contributed by atoms with van der Waals surface area (Å²) in [5.41, 5.74) is 8.78. The Hall–Kier alpha value is -4.33. The number of anilines is 1. The molecule has 0 bridgehead atoms. The topological polar surface area (TPSA) is 97.2 Å². The molecule has 5 heterocycles. The lowest BCUT2D eigenvalue weighted by atomic mass is 9.76. The lowest BCUT2D eigenvalue weighted by molar-refractivity contribution is 0.312. The van der Waals surface area contributed by atoms with Crippen molar-refractivity contribution in [2.45, 2.75) is 46.2 Å². The van der Waals surface area contributed by atoms with E-state index in [0.29, 0.717) is 18.5 Å². The van der Waals surface area contributed by atoms with Crippen molar-refractivity contribution in [2.75, 3.05) is 5.32 Å². The van der Waals surface area contributed by atoms with Gasteiger partial charge in [-0.25, -0.2) is 4.98 Å². The summed E-state index contributed by atoms with van der Waals surface area (Å²) >= 11 is 0. The number of aromatic nitrogens is 7. The minimum absolute atomic E-state index is 0.291. The van der Waals surface area contributed by atoms with Crippen LogP contribution in [-0.4, -0.2) is 34.9 Å². The van der Waals surface area contributed by atoms with E-state index in [1.165, 1.54) is 11.3 Å². The van der Waals surface area contributed by atoms with Crippen LogP contribution < -0.4 is 5.32 Å². The van der Waals surface area contributed by atoms with Crippen LogP contribution in [0, 0.1) is 5.41 Å². The zero-order valence-corrected chi connectivity index (χ0v) is 21.1. The predicted molar refractivity (Wildman–Crippen MR) is 144 cm³/mol. The molecule has 0 saturated carbocycles. The summed E-state index contributed by atoms with van der Waals surface area (Å²) in [4.78, 5) is 13.6. The Labute approximate surface area is 216 Å². The Kier molecular flexibility index (Phi) is 6.00. The van der Waals surface area contributed by atoms with Crippen molar-refractivity contribution in [1.82, 2.24) is 34.9 Å². The Morgan fingerprint density at radius 3 is 2.84 bits per heavy atom. The van der Waals surface area contributed by atoms with Crippen LogP contribution in [0.25, 0.3) is 22.5 Å². The van der Waals surface area contributed by atoms with E-state index >= 15 is 0 Å². The second kappa shape index (κ2) is 9.61. The van der Waals surface area contributed by atoms with Gasteiger partial charge in [-0.3, -0.25) is 19.7 Å². The maximum atomic E-state index is 4.95. The maximum absolute atomic E-state index is 4.95. The normalized spacial score (nSPS) is 14.3. The van der Waals surface area contributed by atoms with Crippen LogP contribution in [0.2, 0.25) is 0 Å². The van der Waals surface area contributed by atoms with Gasteiger partial charge in [-0.1, -0.05) is 26.0 Å². The van der Waals surface area contributed by atoms with Crippen LogP contribution in [-0.2, 0) is 25.9 Å². The molecule has 5 aromatic heterocycles.